The largest absolute Gasteiger partial charge is 0.462 e. The number of rotatable bonds is 5. The molecule has 1 heterocycles. The Balaban J connectivity index is 2.60. The van der Waals surface area contributed by atoms with Crippen molar-refractivity contribution in [2.75, 3.05) is 20.1 Å². The number of piperidine rings is 1. The SMILES string of the molecule is CCCCC(=O)C1CN(C)CCC1OC(C)=O. The summed E-state index contributed by atoms with van der Waals surface area (Å²) in [4.78, 5) is 25.2. The second-order valence-corrected chi connectivity index (χ2v) is 4.88. The Labute approximate surface area is 103 Å². The third-order valence-electron chi connectivity index (χ3n) is 3.26. The zero-order valence-electron chi connectivity index (χ0n) is 11.1. The maximum absolute atomic E-state index is 12.1. The molecular weight excluding hydrogens is 218 g/mol. The van der Waals surface area contributed by atoms with E-state index in [1.54, 1.807) is 0 Å². The van der Waals surface area contributed by atoms with Gasteiger partial charge in [0.15, 0.2) is 0 Å². The number of hydrogen-bond donors (Lipinski definition) is 0. The minimum Gasteiger partial charge on any atom is -0.462 e. The van der Waals surface area contributed by atoms with Gasteiger partial charge in [-0.3, -0.25) is 9.59 Å². The van der Waals surface area contributed by atoms with Gasteiger partial charge in [-0.2, -0.15) is 0 Å². The molecular formula is C13H23NO3. The van der Waals surface area contributed by atoms with Crippen LogP contribution in [0.5, 0.6) is 0 Å². The van der Waals surface area contributed by atoms with Crippen LogP contribution >= 0.6 is 0 Å². The fourth-order valence-corrected chi connectivity index (χ4v) is 2.29. The van der Waals surface area contributed by atoms with Crippen LogP contribution in [0.25, 0.3) is 0 Å². The Bertz CT molecular complexity index is 278. The molecule has 1 aliphatic heterocycles. The third kappa shape index (κ3) is 4.46. The molecule has 17 heavy (non-hydrogen) atoms. The molecule has 2 atom stereocenters. The minimum absolute atomic E-state index is 0.135. The van der Waals surface area contributed by atoms with E-state index in [0.29, 0.717) is 13.0 Å². The van der Waals surface area contributed by atoms with Crippen LogP contribution < -0.4 is 0 Å². The van der Waals surface area contributed by atoms with E-state index < -0.39 is 0 Å². The summed E-state index contributed by atoms with van der Waals surface area (Å²) >= 11 is 0. The van der Waals surface area contributed by atoms with E-state index >= 15 is 0 Å². The highest BCUT2D eigenvalue weighted by molar-refractivity contribution is 5.82. The van der Waals surface area contributed by atoms with Gasteiger partial charge in [0.2, 0.25) is 0 Å². The summed E-state index contributed by atoms with van der Waals surface area (Å²) in [6.45, 7) is 5.08. The summed E-state index contributed by atoms with van der Waals surface area (Å²) < 4.78 is 5.27. The number of ketones is 1. The lowest BCUT2D eigenvalue weighted by Gasteiger charge is -2.35. The molecule has 2 unspecified atom stereocenters. The fourth-order valence-electron chi connectivity index (χ4n) is 2.29. The lowest BCUT2D eigenvalue weighted by atomic mass is 9.88. The molecule has 0 aromatic carbocycles. The third-order valence-corrected chi connectivity index (χ3v) is 3.26. The van der Waals surface area contributed by atoms with Gasteiger partial charge in [0.25, 0.3) is 0 Å². The molecule has 0 spiro atoms. The van der Waals surface area contributed by atoms with Crippen molar-refractivity contribution in [1.29, 1.82) is 0 Å². The molecule has 0 aromatic rings. The fraction of sp³-hybridized carbons (Fsp3) is 0.846. The summed E-state index contributed by atoms with van der Waals surface area (Å²) in [6.07, 6.45) is 3.09. The Morgan fingerprint density at radius 1 is 1.41 bits per heavy atom. The average Bonchev–Trinajstić information content (AvgIpc) is 2.27. The van der Waals surface area contributed by atoms with Gasteiger partial charge >= 0.3 is 5.97 Å². The van der Waals surface area contributed by atoms with Gasteiger partial charge in [0.05, 0.1) is 5.92 Å². The first-order valence-corrected chi connectivity index (χ1v) is 6.43. The van der Waals surface area contributed by atoms with E-state index in [1.807, 2.05) is 7.05 Å². The number of esters is 1. The van der Waals surface area contributed by atoms with Crippen LogP contribution in [0.1, 0.15) is 39.5 Å². The number of Topliss-reactive ketones (excluding diaryl/α,β-unsaturated/α-hetero) is 1. The summed E-state index contributed by atoms with van der Waals surface area (Å²) in [5, 5.41) is 0. The van der Waals surface area contributed by atoms with E-state index in [4.69, 9.17) is 4.74 Å². The zero-order chi connectivity index (χ0) is 12.8. The average molecular weight is 241 g/mol. The van der Waals surface area contributed by atoms with Crippen LogP contribution in [-0.4, -0.2) is 42.9 Å². The molecule has 4 nitrogen and oxygen atoms in total. The molecule has 0 bridgehead atoms. The maximum Gasteiger partial charge on any atom is 0.302 e. The van der Waals surface area contributed by atoms with Crippen LogP contribution in [0.3, 0.4) is 0 Å². The highest BCUT2D eigenvalue weighted by atomic mass is 16.5. The number of likely N-dealkylation sites (tertiary alicyclic amines) is 1. The molecule has 98 valence electrons. The Kier molecular flexibility index (Phi) is 5.62. The van der Waals surface area contributed by atoms with Crippen molar-refractivity contribution >= 4 is 11.8 Å². The smallest absolute Gasteiger partial charge is 0.302 e. The first-order chi connectivity index (χ1) is 8.04. The first-order valence-electron chi connectivity index (χ1n) is 6.43. The predicted molar refractivity (Wildman–Crippen MR) is 65.7 cm³/mol. The van der Waals surface area contributed by atoms with Crippen molar-refractivity contribution in [3.05, 3.63) is 0 Å². The lowest BCUT2D eigenvalue weighted by molar-refractivity contribution is -0.154. The van der Waals surface area contributed by atoms with Gasteiger partial charge in [-0.05, 0) is 19.9 Å². The van der Waals surface area contributed by atoms with E-state index in [1.165, 1.54) is 6.92 Å². The second kappa shape index (κ2) is 6.74. The zero-order valence-corrected chi connectivity index (χ0v) is 11.1. The Hall–Kier alpha value is -0.900. The van der Waals surface area contributed by atoms with Crippen molar-refractivity contribution in [2.24, 2.45) is 5.92 Å². The van der Waals surface area contributed by atoms with Crippen LogP contribution in [0.4, 0.5) is 0 Å². The van der Waals surface area contributed by atoms with Crippen LogP contribution in [0, 0.1) is 5.92 Å². The van der Waals surface area contributed by atoms with E-state index in [0.717, 1.165) is 25.8 Å². The molecule has 1 rings (SSSR count). The van der Waals surface area contributed by atoms with Gasteiger partial charge in [-0.1, -0.05) is 13.3 Å². The molecule has 0 amide bonds. The van der Waals surface area contributed by atoms with Crippen LogP contribution in [0.15, 0.2) is 0 Å². The number of ether oxygens (including phenoxy) is 1. The molecule has 4 heteroatoms. The molecule has 0 N–H and O–H groups in total. The van der Waals surface area contributed by atoms with Crippen molar-refractivity contribution in [1.82, 2.24) is 4.90 Å². The Morgan fingerprint density at radius 2 is 2.12 bits per heavy atom. The molecule has 0 radical (unpaired) electrons. The predicted octanol–water partition coefficient (Wildman–Crippen LogP) is 1.63. The second-order valence-electron chi connectivity index (χ2n) is 4.88. The van der Waals surface area contributed by atoms with Crippen molar-refractivity contribution in [3.8, 4) is 0 Å². The van der Waals surface area contributed by atoms with Crippen LogP contribution in [-0.2, 0) is 14.3 Å². The van der Waals surface area contributed by atoms with Crippen molar-refractivity contribution in [2.45, 2.75) is 45.6 Å². The summed E-state index contributed by atoms with van der Waals surface area (Å²) in [6, 6.07) is 0. The number of carbonyl (C=O) groups is 2. The monoisotopic (exact) mass is 241 g/mol. The van der Waals surface area contributed by atoms with Crippen molar-refractivity contribution < 1.29 is 14.3 Å². The first kappa shape index (κ1) is 14.2. The number of hydrogen-bond acceptors (Lipinski definition) is 4. The van der Waals surface area contributed by atoms with Gasteiger partial charge in [0.1, 0.15) is 11.9 Å². The quantitative estimate of drug-likeness (QED) is 0.686. The van der Waals surface area contributed by atoms with Gasteiger partial charge in [0, 0.05) is 26.4 Å². The maximum atomic E-state index is 12.1. The number of carbonyl (C=O) groups excluding carboxylic acids is 2. The summed E-state index contributed by atoms with van der Waals surface area (Å²) in [5.41, 5.74) is 0. The summed E-state index contributed by atoms with van der Waals surface area (Å²) in [5.74, 6) is -0.179. The number of unbranched alkanes of at least 4 members (excludes halogenated alkanes) is 1. The lowest BCUT2D eigenvalue weighted by Crippen LogP contribution is -2.46. The topological polar surface area (TPSA) is 46.6 Å². The van der Waals surface area contributed by atoms with Gasteiger partial charge < -0.3 is 9.64 Å². The summed E-state index contributed by atoms with van der Waals surface area (Å²) in [7, 11) is 2.00. The van der Waals surface area contributed by atoms with Crippen LogP contribution in [0.2, 0.25) is 0 Å². The standard InChI is InChI=1S/C13H23NO3/c1-4-5-6-12(16)11-9-14(3)8-7-13(11)17-10(2)15/h11,13H,4-9H2,1-3H3. The molecule has 0 aliphatic carbocycles. The molecule has 0 aromatic heterocycles. The molecule has 0 saturated carbocycles. The van der Waals surface area contributed by atoms with E-state index in [9.17, 15) is 9.59 Å². The van der Waals surface area contributed by atoms with Gasteiger partial charge in [-0.25, -0.2) is 0 Å². The minimum atomic E-state index is -0.284. The molecule has 1 aliphatic rings. The normalized spacial score (nSPS) is 25.6. The van der Waals surface area contributed by atoms with Crippen molar-refractivity contribution in [3.63, 3.8) is 0 Å². The highest BCUT2D eigenvalue weighted by Gasteiger charge is 2.34. The molecule has 1 fully saturated rings. The molecule has 1 saturated heterocycles. The Morgan fingerprint density at radius 3 is 2.71 bits per heavy atom. The van der Waals surface area contributed by atoms with E-state index in [2.05, 4.69) is 11.8 Å². The van der Waals surface area contributed by atoms with Gasteiger partial charge in [-0.15, -0.1) is 0 Å². The van der Waals surface area contributed by atoms with E-state index in [-0.39, 0.29) is 23.8 Å². The number of nitrogens with zero attached hydrogens (tertiary/aromatic N) is 1. The highest BCUT2D eigenvalue weighted by Crippen LogP contribution is 2.22.